The van der Waals surface area contributed by atoms with Crippen molar-refractivity contribution < 1.29 is 19.4 Å². The van der Waals surface area contributed by atoms with E-state index in [1.54, 1.807) is 0 Å². The Morgan fingerprint density at radius 1 is 0.923 bits per heavy atom. The van der Waals surface area contributed by atoms with Crippen LogP contribution in [0.5, 0.6) is 0 Å². The Morgan fingerprint density at radius 2 is 1.50 bits per heavy atom. The first kappa shape index (κ1) is 23.0. The van der Waals surface area contributed by atoms with Crippen molar-refractivity contribution in [2.24, 2.45) is 23.7 Å². The van der Waals surface area contributed by atoms with Crippen molar-refractivity contribution in [3.63, 3.8) is 0 Å². The summed E-state index contributed by atoms with van der Waals surface area (Å²) in [5, 5.41) is 9.34. The van der Waals surface area contributed by atoms with Crippen LogP contribution >= 0.6 is 0 Å². The maximum absolute atomic E-state index is 12.2. The number of ether oxygens (including phenoxy) is 1. The van der Waals surface area contributed by atoms with E-state index < -0.39 is 17.8 Å². The Balaban J connectivity index is 2.03. The highest BCUT2D eigenvalue weighted by molar-refractivity contribution is 5.81. The summed E-state index contributed by atoms with van der Waals surface area (Å²) in [6.45, 7) is 7.06. The zero-order chi connectivity index (χ0) is 19.4. The van der Waals surface area contributed by atoms with E-state index >= 15 is 0 Å². The monoisotopic (exact) mass is 368 g/mol. The summed E-state index contributed by atoms with van der Waals surface area (Å²) in [4.78, 5) is 23.6. The van der Waals surface area contributed by atoms with Crippen LogP contribution in [-0.4, -0.2) is 23.7 Å². The van der Waals surface area contributed by atoms with E-state index in [1.165, 1.54) is 44.9 Å². The Labute approximate surface area is 160 Å². The Hall–Kier alpha value is -1.06. The molecule has 0 aromatic carbocycles. The van der Waals surface area contributed by atoms with Crippen molar-refractivity contribution in [2.75, 3.05) is 6.61 Å². The van der Waals surface area contributed by atoms with Gasteiger partial charge in [-0.3, -0.25) is 9.59 Å². The number of carboxylic acids is 1. The number of carbonyl (C=O) groups is 2. The minimum Gasteiger partial charge on any atom is -0.481 e. The number of aliphatic carboxylic acids is 1. The number of hydrogen-bond acceptors (Lipinski definition) is 3. The van der Waals surface area contributed by atoms with Gasteiger partial charge >= 0.3 is 11.9 Å². The number of unbranched alkanes of at least 4 members (excludes halogenated alkanes) is 7. The smallest absolute Gasteiger partial charge is 0.309 e. The van der Waals surface area contributed by atoms with Crippen molar-refractivity contribution in [1.29, 1.82) is 0 Å². The van der Waals surface area contributed by atoms with Crippen LogP contribution in [0.4, 0.5) is 0 Å². The number of hydrogen-bond donors (Lipinski definition) is 1. The average Bonchev–Trinajstić information content (AvgIpc) is 2.59. The van der Waals surface area contributed by atoms with Gasteiger partial charge in [0.15, 0.2) is 0 Å². The lowest BCUT2D eigenvalue weighted by atomic mass is 9.74. The van der Waals surface area contributed by atoms with Gasteiger partial charge in [-0.15, -0.1) is 0 Å². The van der Waals surface area contributed by atoms with E-state index in [-0.39, 0.29) is 5.97 Å². The highest BCUT2D eigenvalue weighted by Crippen LogP contribution is 2.34. The van der Waals surface area contributed by atoms with Gasteiger partial charge in [0.25, 0.3) is 0 Å². The van der Waals surface area contributed by atoms with E-state index in [2.05, 4.69) is 20.8 Å². The molecule has 152 valence electrons. The summed E-state index contributed by atoms with van der Waals surface area (Å²) >= 11 is 0. The van der Waals surface area contributed by atoms with Crippen LogP contribution < -0.4 is 0 Å². The summed E-state index contributed by atoms with van der Waals surface area (Å²) in [5.74, 6) is -0.969. The largest absolute Gasteiger partial charge is 0.481 e. The number of esters is 1. The summed E-state index contributed by atoms with van der Waals surface area (Å²) in [5.41, 5.74) is 0. The second kappa shape index (κ2) is 13.2. The van der Waals surface area contributed by atoms with Crippen LogP contribution in [-0.2, 0) is 14.3 Å². The normalized spacial score (nSPS) is 23.2. The van der Waals surface area contributed by atoms with Crippen molar-refractivity contribution in [3.8, 4) is 0 Å². The molecule has 1 rings (SSSR count). The zero-order valence-corrected chi connectivity index (χ0v) is 17.2. The molecular formula is C22H40O4. The van der Waals surface area contributed by atoms with E-state index in [1.807, 2.05) is 0 Å². The molecule has 0 heterocycles. The van der Waals surface area contributed by atoms with Crippen LogP contribution in [0.15, 0.2) is 0 Å². The van der Waals surface area contributed by atoms with Gasteiger partial charge in [0.2, 0.25) is 0 Å². The van der Waals surface area contributed by atoms with Crippen LogP contribution in [0.25, 0.3) is 0 Å². The third-order valence-corrected chi connectivity index (χ3v) is 5.65. The van der Waals surface area contributed by atoms with E-state index in [0.717, 1.165) is 25.2 Å². The molecule has 1 fully saturated rings. The van der Waals surface area contributed by atoms with Crippen LogP contribution in [0.3, 0.4) is 0 Å². The molecule has 0 bridgehead atoms. The molecule has 0 aromatic heterocycles. The topological polar surface area (TPSA) is 63.6 Å². The molecule has 4 heteroatoms. The highest BCUT2D eigenvalue weighted by atomic mass is 16.5. The maximum atomic E-state index is 12.2. The van der Waals surface area contributed by atoms with Crippen LogP contribution in [0, 0.1) is 23.7 Å². The second-order valence-corrected chi connectivity index (χ2v) is 8.65. The van der Waals surface area contributed by atoms with E-state index in [9.17, 15) is 14.7 Å². The number of carbonyl (C=O) groups excluding carboxylic acids is 1. The lowest BCUT2D eigenvalue weighted by Crippen LogP contribution is -2.36. The second-order valence-electron chi connectivity index (χ2n) is 8.65. The SMILES string of the molecule is CC(C)CCCCCCCCCCOC(=O)C1CCC(C)CC1C(=O)O. The lowest BCUT2D eigenvalue weighted by molar-refractivity contribution is -0.160. The number of rotatable bonds is 13. The van der Waals surface area contributed by atoms with Gasteiger partial charge < -0.3 is 9.84 Å². The molecule has 0 spiro atoms. The van der Waals surface area contributed by atoms with Gasteiger partial charge in [0, 0.05) is 0 Å². The molecule has 1 saturated carbocycles. The fraction of sp³-hybridized carbons (Fsp3) is 0.909. The van der Waals surface area contributed by atoms with Gasteiger partial charge in [0.05, 0.1) is 18.4 Å². The van der Waals surface area contributed by atoms with Crippen molar-refractivity contribution in [3.05, 3.63) is 0 Å². The van der Waals surface area contributed by atoms with E-state index in [0.29, 0.717) is 25.4 Å². The third kappa shape index (κ3) is 9.59. The van der Waals surface area contributed by atoms with Crippen molar-refractivity contribution in [2.45, 2.75) is 97.8 Å². The van der Waals surface area contributed by atoms with Crippen molar-refractivity contribution in [1.82, 2.24) is 0 Å². The summed E-state index contributed by atoms with van der Waals surface area (Å²) in [7, 11) is 0. The third-order valence-electron chi connectivity index (χ3n) is 5.65. The predicted octanol–water partition coefficient (Wildman–Crippen LogP) is 5.83. The molecule has 1 aliphatic rings. The first-order valence-electron chi connectivity index (χ1n) is 10.8. The summed E-state index contributed by atoms with van der Waals surface area (Å²) in [6.07, 6.45) is 13.3. The van der Waals surface area contributed by atoms with Gasteiger partial charge in [-0.25, -0.2) is 0 Å². The molecule has 0 aromatic rings. The van der Waals surface area contributed by atoms with Crippen molar-refractivity contribution >= 4 is 11.9 Å². The highest BCUT2D eigenvalue weighted by Gasteiger charge is 2.38. The average molecular weight is 369 g/mol. The Morgan fingerprint density at radius 3 is 2.08 bits per heavy atom. The fourth-order valence-corrected chi connectivity index (χ4v) is 3.93. The predicted molar refractivity (Wildman–Crippen MR) is 105 cm³/mol. The molecule has 0 aliphatic heterocycles. The standard InChI is InChI=1S/C22H40O4/c1-17(2)12-10-8-6-4-5-7-9-11-15-26-22(25)19-14-13-18(3)16-20(19)21(23)24/h17-20H,4-16H2,1-3H3,(H,23,24). The first-order chi connectivity index (χ1) is 12.4. The Kier molecular flexibility index (Phi) is 11.6. The lowest BCUT2D eigenvalue weighted by Gasteiger charge is -2.30. The van der Waals surface area contributed by atoms with Gasteiger partial charge in [-0.2, -0.15) is 0 Å². The molecule has 0 saturated heterocycles. The van der Waals surface area contributed by atoms with Crippen LogP contribution in [0.1, 0.15) is 97.8 Å². The van der Waals surface area contributed by atoms with Gasteiger partial charge in [-0.1, -0.05) is 72.1 Å². The molecule has 0 amide bonds. The molecule has 3 unspecified atom stereocenters. The minimum absolute atomic E-state index is 0.297. The summed E-state index contributed by atoms with van der Waals surface area (Å²) < 4.78 is 5.38. The van der Waals surface area contributed by atoms with Gasteiger partial charge in [-0.05, 0) is 37.5 Å². The molecule has 1 aliphatic carbocycles. The zero-order valence-electron chi connectivity index (χ0n) is 17.2. The fourth-order valence-electron chi connectivity index (χ4n) is 3.93. The van der Waals surface area contributed by atoms with E-state index in [4.69, 9.17) is 4.74 Å². The maximum Gasteiger partial charge on any atom is 0.309 e. The molecule has 3 atom stereocenters. The quantitative estimate of drug-likeness (QED) is 0.328. The molecule has 1 N–H and O–H groups in total. The summed E-state index contributed by atoms with van der Waals surface area (Å²) in [6, 6.07) is 0. The first-order valence-corrected chi connectivity index (χ1v) is 10.8. The molecule has 26 heavy (non-hydrogen) atoms. The Bertz CT molecular complexity index is 405. The molecule has 4 nitrogen and oxygen atoms in total. The van der Waals surface area contributed by atoms with Gasteiger partial charge in [0.1, 0.15) is 0 Å². The minimum atomic E-state index is -0.855. The molecule has 0 radical (unpaired) electrons. The number of carboxylic acid groups (broad SMARTS) is 1. The van der Waals surface area contributed by atoms with Crippen LogP contribution in [0.2, 0.25) is 0 Å². The molecular weight excluding hydrogens is 328 g/mol.